The first-order chi connectivity index (χ1) is 11.5. The van der Waals surface area contributed by atoms with E-state index in [0.29, 0.717) is 24.8 Å². The van der Waals surface area contributed by atoms with Gasteiger partial charge in [-0.1, -0.05) is 6.07 Å². The van der Waals surface area contributed by atoms with Crippen LogP contribution in [0.5, 0.6) is 0 Å². The van der Waals surface area contributed by atoms with Gasteiger partial charge in [0, 0.05) is 25.9 Å². The number of hydrogen-bond acceptors (Lipinski definition) is 4. The highest BCUT2D eigenvalue weighted by atomic mass is 16.3. The molecule has 0 radical (unpaired) electrons. The molecule has 1 saturated carbocycles. The van der Waals surface area contributed by atoms with E-state index in [-0.39, 0.29) is 6.03 Å². The van der Waals surface area contributed by atoms with E-state index in [1.54, 1.807) is 17.9 Å². The van der Waals surface area contributed by atoms with Crippen molar-refractivity contribution in [2.24, 2.45) is 5.92 Å². The number of nitrogens with zero attached hydrogens (tertiary/aromatic N) is 4. The summed E-state index contributed by atoms with van der Waals surface area (Å²) in [6, 6.07) is 7.27. The van der Waals surface area contributed by atoms with Crippen LogP contribution in [0.3, 0.4) is 0 Å². The molecule has 1 aliphatic rings. The van der Waals surface area contributed by atoms with Crippen molar-refractivity contribution in [1.29, 1.82) is 0 Å². The van der Waals surface area contributed by atoms with Crippen LogP contribution in [0.15, 0.2) is 30.5 Å². The number of urea groups is 1. The summed E-state index contributed by atoms with van der Waals surface area (Å²) in [6.07, 6.45) is 3.39. The van der Waals surface area contributed by atoms with Gasteiger partial charge in [0.1, 0.15) is 5.82 Å². The molecule has 7 heteroatoms. The molecule has 0 spiro atoms. The van der Waals surface area contributed by atoms with Crippen LogP contribution >= 0.6 is 0 Å². The number of aliphatic hydroxyl groups excluding tert-OH is 1. The first-order valence-electron chi connectivity index (χ1n) is 8.17. The minimum atomic E-state index is -0.444. The lowest BCUT2D eigenvalue weighted by Crippen LogP contribution is -2.38. The predicted molar refractivity (Wildman–Crippen MR) is 90.7 cm³/mol. The summed E-state index contributed by atoms with van der Waals surface area (Å²) in [4.78, 5) is 18.1. The van der Waals surface area contributed by atoms with Crippen molar-refractivity contribution >= 4 is 11.8 Å². The first-order valence-corrected chi connectivity index (χ1v) is 8.17. The van der Waals surface area contributed by atoms with Crippen molar-refractivity contribution in [3.63, 3.8) is 0 Å². The summed E-state index contributed by atoms with van der Waals surface area (Å²) in [5, 5.41) is 17.3. The van der Waals surface area contributed by atoms with Gasteiger partial charge in [-0.15, -0.1) is 0 Å². The Balaban J connectivity index is 1.64. The number of anilines is 1. The molecule has 0 saturated heterocycles. The maximum atomic E-state index is 12.4. The highest BCUT2D eigenvalue weighted by Crippen LogP contribution is 2.32. The lowest BCUT2D eigenvalue weighted by Gasteiger charge is -2.21. The maximum absolute atomic E-state index is 12.4. The van der Waals surface area contributed by atoms with Crippen LogP contribution in [-0.4, -0.2) is 50.5 Å². The Morgan fingerprint density at radius 3 is 2.96 bits per heavy atom. The number of likely N-dealkylation sites (N-methyl/N-ethyl adjacent to an activating group) is 1. The number of rotatable bonds is 6. The topological polar surface area (TPSA) is 83.3 Å². The van der Waals surface area contributed by atoms with Gasteiger partial charge in [0.2, 0.25) is 0 Å². The van der Waals surface area contributed by atoms with Crippen molar-refractivity contribution in [1.82, 2.24) is 19.7 Å². The van der Waals surface area contributed by atoms with Crippen LogP contribution in [-0.2, 0) is 6.54 Å². The zero-order chi connectivity index (χ0) is 17.1. The average molecular weight is 329 g/mol. The molecule has 0 aromatic carbocycles. The molecular weight excluding hydrogens is 306 g/mol. The maximum Gasteiger partial charge on any atom is 0.322 e. The second-order valence-corrected chi connectivity index (χ2v) is 6.37. The Morgan fingerprint density at radius 1 is 1.50 bits per heavy atom. The van der Waals surface area contributed by atoms with Crippen LogP contribution < -0.4 is 5.32 Å². The lowest BCUT2D eigenvalue weighted by atomic mass is 10.2. The van der Waals surface area contributed by atoms with E-state index in [1.165, 1.54) is 4.90 Å². The standard InChI is InChI=1S/C17H23N5O2/c1-12-9-16(22(20-12)10-14-5-3-4-8-18-14)19-17(24)21(2)11-15(23)13-6-7-13/h3-5,8-9,13,15,23H,6-7,10-11H2,1-2H3,(H,19,24). The number of carbonyl (C=O) groups excluding carboxylic acids is 1. The number of aliphatic hydroxyl groups is 1. The van der Waals surface area contributed by atoms with Gasteiger partial charge < -0.3 is 10.0 Å². The molecule has 0 aliphatic heterocycles. The van der Waals surface area contributed by atoms with Gasteiger partial charge in [-0.2, -0.15) is 5.10 Å². The zero-order valence-corrected chi connectivity index (χ0v) is 14.0. The predicted octanol–water partition coefficient (Wildman–Crippen LogP) is 1.87. The molecule has 1 unspecified atom stereocenters. The van der Waals surface area contributed by atoms with E-state index in [4.69, 9.17) is 0 Å². The number of amides is 2. The number of hydrogen-bond donors (Lipinski definition) is 2. The largest absolute Gasteiger partial charge is 0.391 e. The van der Waals surface area contributed by atoms with E-state index in [2.05, 4.69) is 15.4 Å². The van der Waals surface area contributed by atoms with Crippen LogP contribution in [0.25, 0.3) is 0 Å². The van der Waals surface area contributed by atoms with E-state index < -0.39 is 6.10 Å². The normalized spacial score (nSPS) is 15.1. The van der Waals surface area contributed by atoms with Crippen molar-refractivity contribution in [2.45, 2.75) is 32.4 Å². The van der Waals surface area contributed by atoms with E-state index in [9.17, 15) is 9.90 Å². The molecule has 7 nitrogen and oxygen atoms in total. The molecule has 2 aromatic heterocycles. The summed E-state index contributed by atoms with van der Waals surface area (Å²) < 4.78 is 1.72. The summed E-state index contributed by atoms with van der Waals surface area (Å²) in [5.41, 5.74) is 1.69. The molecule has 1 atom stereocenters. The Bertz CT molecular complexity index is 696. The van der Waals surface area contributed by atoms with Gasteiger partial charge in [-0.05, 0) is 37.8 Å². The third kappa shape index (κ3) is 4.11. The summed E-state index contributed by atoms with van der Waals surface area (Å²) >= 11 is 0. The number of nitrogens with one attached hydrogen (secondary N) is 1. The quantitative estimate of drug-likeness (QED) is 0.847. The number of carbonyl (C=O) groups is 1. The SMILES string of the molecule is Cc1cc(NC(=O)N(C)CC(O)C2CC2)n(Cc2ccccn2)n1. The Hall–Kier alpha value is -2.41. The smallest absolute Gasteiger partial charge is 0.322 e. The van der Waals surface area contributed by atoms with E-state index in [0.717, 1.165) is 24.2 Å². The monoisotopic (exact) mass is 329 g/mol. The summed E-state index contributed by atoms with van der Waals surface area (Å²) in [6.45, 7) is 2.70. The fraction of sp³-hybridized carbons (Fsp3) is 0.471. The van der Waals surface area contributed by atoms with Crippen molar-refractivity contribution in [3.8, 4) is 0 Å². The third-order valence-corrected chi connectivity index (χ3v) is 4.15. The fourth-order valence-electron chi connectivity index (χ4n) is 2.61. The summed E-state index contributed by atoms with van der Waals surface area (Å²) in [7, 11) is 1.69. The third-order valence-electron chi connectivity index (χ3n) is 4.15. The second kappa shape index (κ2) is 7.00. The van der Waals surface area contributed by atoms with Crippen LogP contribution in [0, 0.1) is 12.8 Å². The molecule has 2 aromatic rings. The van der Waals surface area contributed by atoms with Crippen LogP contribution in [0.1, 0.15) is 24.2 Å². The molecule has 2 heterocycles. The highest BCUT2D eigenvalue weighted by molar-refractivity contribution is 5.88. The Kier molecular flexibility index (Phi) is 4.80. The molecular formula is C17H23N5O2. The molecule has 1 aliphatic carbocycles. The number of aryl methyl sites for hydroxylation is 1. The fourth-order valence-corrected chi connectivity index (χ4v) is 2.61. The zero-order valence-electron chi connectivity index (χ0n) is 14.0. The minimum Gasteiger partial charge on any atom is -0.391 e. The Labute approximate surface area is 141 Å². The van der Waals surface area contributed by atoms with Gasteiger partial charge >= 0.3 is 6.03 Å². The van der Waals surface area contributed by atoms with E-state index >= 15 is 0 Å². The second-order valence-electron chi connectivity index (χ2n) is 6.37. The van der Waals surface area contributed by atoms with E-state index in [1.807, 2.05) is 31.2 Å². The lowest BCUT2D eigenvalue weighted by molar-refractivity contribution is 0.117. The van der Waals surface area contributed by atoms with Crippen molar-refractivity contribution in [3.05, 3.63) is 41.9 Å². The molecule has 2 amide bonds. The van der Waals surface area contributed by atoms with Gasteiger partial charge in [0.25, 0.3) is 0 Å². The number of pyridine rings is 1. The van der Waals surface area contributed by atoms with Crippen LogP contribution in [0.2, 0.25) is 0 Å². The van der Waals surface area contributed by atoms with Crippen molar-refractivity contribution in [2.75, 3.05) is 18.9 Å². The molecule has 128 valence electrons. The Morgan fingerprint density at radius 2 is 2.29 bits per heavy atom. The molecule has 24 heavy (non-hydrogen) atoms. The highest BCUT2D eigenvalue weighted by Gasteiger charge is 2.31. The van der Waals surface area contributed by atoms with Gasteiger partial charge in [-0.3, -0.25) is 10.3 Å². The van der Waals surface area contributed by atoms with Gasteiger partial charge in [0.15, 0.2) is 0 Å². The average Bonchev–Trinajstić information content (AvgIpc) is 3.34. The molecule has 2 N–H and O–H groups in total. The van der Waals surface area contributed by atoms with Gasteiger partial charge in [-0.25, -0.2) is 9.48 Å². The van der Waals surface area contributed by atoms with Gasteiger partial charge in [0.05, 0.1) is 24.0 Å². The number of aromatic nitrogens is 3. The van der Waals surface area contributed by atoms with Crippen LogP contribution in [0.4, 0.5) is 10.6 Å². The summed E-state index contributed by atoms with van der Waals surface area (Å²) in [5.74, 6) is 0.966. The molecule has 1 fully saturated rings. The molecule has 0 bridgehead atoms. The minimum absolute atomic E-state index is 0.253. The molecule has 3 rings (SSSR count). The van der Waals surface area contributed by atoms with Crippen molar-refractivity contribution < 1.29 is 9.90 Å². The first kappa shape index (κ1) is 16.4.